The molecule has 0 aliphatic rings. The van der Waals surface area contributed by atoms with Crippen molar-refractivity contribution < 1.29 is 33.1 Å². The lowest BCUT2D eigenvalue weighted by atomic mass is 10.0. The Morgan fingerprint density at radius 3 is 2.04 bits per heavy atom. The smallest absolute Gasteiger partial charge is 0.493 e. The molecule has 0 bridgehead atoms. The van der Waals surface area contributed by atoms with Gasteiger partial charge in [-0.05, 0) is 36.4 Å². The molecule has 0 amide bonds. The molecule has 10 nitrogen and oxygen atoms in total. The predicted octanol–water partition coefficient (Wildman–Crippen LogP) is 2.64. The maximum Gasteiger partial charge on any atom is 0.524 e. The van der Waals surface area contributed by atoms with Gasteiger partial charge in [-0.25, -0.2) is 4.57 Å². The van der Waals surface area contributed by atoms with Crippen LogP contribution in [0.1, 0.15) is 0 Å². The van der Waals surface area contributed by atoms with E-state index in [0.29, 0.717) is 39.8 Å². The van der Waals surface area contributed by atoms with Gasteiger partial charge in [0.25, 0.3) is 0 Å². The second-order valence-corrected chi connectivity index (χ2v) is 6.72. The molecule has 0 saturated carbocycles. The number of phosphoric acid groups is 1. The Balaban J connectivity index is 2.02. The SMILES string of the molecule is COc1cc(-c2nn[nH]c2-c2ccc(OP(=O)(O)O)cc2)cc(OC)c1OC. The third-order valence-corrected chi connectivity index (χ3v) is 4.30. The van der Waals surface area contributed by atoms with E-state index in [1.165, 1.54) is 33.5 Å². The molecule has 3 aromatic rings. The van der Waals surface area contributed by atoms with E-state index in [2.05, 4.69) is 19.9 Å². The number of aromatic nitrogens is 3. The Morgan fingerprint density at radius 2 is 1.54 bits per heavy atom. The molecule has 2 aromatic carbocycles. The number of aromatic amines is 1. The molecule has 0 unspecified atom stereocenters. The van der Waals surface area contributed by atoms with Crippen molar-refractivity contribution in [3.05, 3.63) is 36.4 Å². The van der Waals surface area contributed by atoms with E-state index in [0.717, 1.165) is 0 Å². The fourth-order valence-electron chi connectivity index (χ4n) is 2.67. The van der Waals surface area contributed by atoms with Crippen LogP contribution in [0.4, 0.5) is 0 Å². The normalized spacial score (nSPS) is 11.2. The molecule has 0 saturated heterocycles. The summed E-state index contributed by atoms with van der Waals surface area (Å²) < 4.78 is 31.6. The summed E-state index contributed by atoms with van der Waals surface area (Å²) in [7, 11) is -0.0649. The van der Waals surface area contributed by atoms with Gasteiger partial charge < -0.3 is 18.7 Å². The summed E-state index contributed by atoms with van der Waals surface area (Å²) in [4.78, 5) is 17.8. The quantitative estimate of drug-likeness (QED) is 0.505. The van der Waals surface area contributed by atoms with Crippen molar-refractivity contribution in [2.45, 2.75) is 0 Å². The van der Waals surface area contributed by atoms with Gasteiger partial charge in [0.2, 0.25) is 5.75 Å². The second-order valence-electron chi connectivity index (χ2n) is 5.56. The fourth-order valence-corrected chi connectivity index (χ4v) is 3.07. The highest BCUT2D eigenvalue weighted by Gasteiger charge is 2.19. The molecule has 3 N–H and O–H groups in total. The van der Waals surface area contributed by atoms with Crippen LogP contribution in [0.5, 0.6) is 23.0 Å². The summed E-state index contributed by atoms with van der Waals surface area (Å²) in [6, 6.07) is 9.62. The first-order chi connectivity index (χ1) is 13.4. The molecule has 0 aliphatic carbocycles. The first-order valence-electron chi connectivity index (χ1n) is 7.93. The van der Waals surface area contributed by atoms with Crippen LogP contribution in [0.2, 0.25) is 0 Å². The number of benzene rings is 2. The lowest BCUT2D eigenvalue weighted by Crippen LogP contribution is -1.96. The molecule has 28 heavy (non-hydrogen) atoms. The Hall–Kier alpha value is -3.07. The Bertz CT molecular complexity index is 989. The van der Waals surface area contributed by atoms with Crippen LogP contribution in [0.3, 0.4) is 0 Å². The number of nitrogens with one attached hydrogen (secondary N) is 1. The van der Waals surface area contributed by atoms with Crippen LogP contribution in [-0.4, -0.2) is 46.5 Å². The molecule has 3 rings (SSSR count). The van der Waals surface area contributed by atoms with Gasteiger partial charge >= 0.3 is 7.82 Å². The highest BCUT2D eigenvalue weighted by atomic mass is 31.2. The maximum absolute atomic E-state index is 10.9. The van der Waals surface area contributed by atoms with Gasteiger partial charge in [-0.2, -0.15) is 0 Å². The number of H-pyrrole nitrogens is 1. The number of nitrogens with zero attached hydrogens (tertiary/aromatic N) is 2. The van der Waals surface area contributed by atoms with Gasteiger partial charge in [0.05, 0.1) is 27.0 Å². The second kappa shape index (κ2) is 7.89. The summed E-state index contributed by atoms with van der Waals surface area (Å²) in [5.74, 6) is 1.43. The van der Waals surface area contributed by atoms with Crippen molar-refractivity contribution in [2.75, 3.05) is 21.3 Å². The van der Waals surface area contributed by atoms with Gasteiger partial charge in [0.15, 0.2) is 11.5 Å². The van der Waals surface area contributed by atoms with Crippen LogP contribution in [-0.2, 0) is 4.57 Å². The Labute approximate surface area is 160 Å². The van der Waals surface area contributed by atoms with Crippen LogP contribution in [0.25, 0.3) is 22.5 Å². The number of hydrogen-bond donors (Lipinski definition) is 3. The first kappa shape index (κ1) is 19.7. The largest absolute Gasteiger partial charge is 0.524 e. The highest BCUT2D eigenvalue weighted by Crippen LogP contribution is 2.43. The topological polar surface area (TPSA) is 136 Å². The summed E-state index contributed by atoms with van der Waals surface area (Å²) in [5.41, 5.74) is 2.49. The zero-order valence-corrected chi connectivity index (χ0v) is 16.1. The van der Waals surface area contributed by atoms with E-state index in [1.54, 1.807) is 24.3 Å². The molecule has 11 heteroatoms. The molecular formula is C17H18N3O7P. The third kappa shape index (κ3) is 4.09. The molecule has 0 atom stereocenters. The summed E-state index contributed by atoms with van der Waals surface area (Å²) in [6.45, 7) is 0. The van der Waals surface area contributed by atoms with Crippen LogP contribution in [0, 0.1) is 0 Å². The van der Waals surface area contributed by atoms with E-state index in [9.17, 15) is 4.57 Å². The molecule has 148 valence electrons. The maximum atomic E-state index is 10.9. The third-order valence-electron chi connectivity index (χ3n) is 3.85. The molecule has 0 fully saturated rings. The van der Waals surface area contributed by atoms with Crippen molar-refractivity contribution in [3.63, 3.8) is 0 Å². The van der Waals surface area contributed by atoms with Gasteiger partial charge in [-0.3, -0.25) is 14.9 Å². The molecular weight excluding hydrogens is 389 g/mol. The van der Waals surface area contributed by atoms with Gasteiger partial charge in [-0.1, -0.05) is 5.21 Å². The van der Waals surface area contributed by atoms with Gasteiger partial charge in [-0.15, -0.1) is 5.10 Å². The number of rotatable bonds is 7. The lowest BCUT2D eigenvalue weighted by molar-refractivity contribution is 0.283. The summed E-state index contributed by atoms with van der Waals surface area (Å²) in [6.07, 6.45) is 0. The number of ether oxygens (including phenoxy) is 3. The van der Waals surface area contributed by atoms with Crippen molar-refractivity contribution >= 4 is 7.82 Å². The Kier molecular flexibility index (Phi) is 5.55. The Morgan fingerprint density at radius 1 is 0.929 bits per heavy atom. The predicted molar refractivity (Wildman–Crippen MR) is 99.6 cm³/mol. The standard InChI is InChI=1S/C17H18N3O7P/c1-24-13-8-11(9-14(25-2)17(13)26-3)16-15(18-20-19-16)10-4-6-12(7-5-10)27-28(21,22)23/h4-9H,1-3H3,(H,18,19,20)(H2,21,22,23). The number of phosphoric ester groups is 1. The summed E-state index contributed by atoms with van der Waals surface area (Å²) >= 11 is 0. The first-order valence-corrected chi connectivity index (χ1v) is 9.46. The average molecular weight is 407 g/mol. The van der Waals surface area contributed by atoms with E-state index in [1.807, 2.05) is 0 Å². The van der Waals surface area contributed by atoms with Crippen LogP contribution in [0.15, 0.2) is 36.4 Å². The molecule has 1 aromatic heterocycles. The van der Waals surface area contributed by atoms with Crippen LogP contribution >= 0.6 is 7.82 Å². The molecule has 0 aliphatic heterocycles. The molecule has 0 radical (unpaired) electrons. The summed E-state index contributed by atoms with van der Waals surface area (Å²) in [5, 5.41) is 10.8. The molecule has 0 spiro atoms. The minimum absolute atomic E-state index is 0.0406. The van der Waals surface area contributed by atoms with E-state index >= 15 is 0 Å². The average Bonchev–Trinajstić information content (AvgIpc) is 3.15. The highest BCUT2D eigenvalue weighted by molar-refractivity contribution is 7.46. The minimum Gasteiger partial charge on any atom is -0.493 e. The van der Waals surface area contributed by atoms with Crippen molar-refractivity contribution in [2.24, 2.45) is 0 Å². The zero-order chi connectivity index (χ0) is 20.3. The van der Waals surface area contributed by atoms with E-state index in [4.69, 9.17) is 24.0 Å². The van der Waals surface area contributed by atoms with Crippen molar-refractivity contribution in [3.8, 4) is 45.5 Å². The van der Waals surface area contributed by atoms with Crippen molar-refractivity contribution in [1.82, 2.24) is 15.4 Å². The number of hydrogen-bond acceptors (Lipinski definition) is 7. The van der Waals surface area contributed by atoms with Gasteiger partial charge in [0.1, 0.15) is 11.4 Å². The lowest BCUT2D eigenvalue weighted by Gasteiger charge is -2.14. The minimum atomic E-state index is -4.62. The van der Waals surface area contributed by atoms with E-state index in [-0.39, 0.29) is 5.75 Å². The van der Waals surface area contributed by atoms with Gasteiger partial charge in [0, 0.05) is 11.1 Å². The fraction of sp³-hybridized carbons (Fsp3) is 0.176. The van der Waals surface area contributed by atoms with Crippen LogP contribution < -0.4 is 18.7 Å². The number of methoxy groups -OCH3 is 3. The monoisotopic (exact) mass is 407 g/mol. The van der Waals surface area contributed by atoms with Crippen molar-refractivity contribution in [1.29, 1.82) is 0 Å². The molecule has 1 heterocycles. The van der Waals surface area contributed by atoms with E-state index < -0.39 is 7.82 Å². The zero-order valence-electron chi connectivity index (χ0n) is 15.2.